The van der Waals surface area contributed by atoms with Crippen LogP contribution in [0.2, 0.25) is 0 Å². The van der Waals surface area contributed by atoms with Gasteiger partial charge in [0.25, 0.3) is 0 Å². The summed E-state index contributed by atoms with van der Waals surface area (Å²) >= 11 is 0. The van der Waals surface area contributed by atoms with E-state index >= 15 is 0 Å². The zero-order chi connectivity index (χ0) is 26.2. The molecule has 1 unspecified atom stereocenters. The maximum Gasteiger partial charge on any atom is 0.309 e. The minimum atomic E-state index is -1.19. The number of hydrogen-bond acceptors (Lipinski definition) is 7. The van der Waals surface area contributed by atoms with Gasteiger partial charge in [-0.25, -0.2) is 0 Å². The fraction of sp³-hybridized carbons (Fsp3) is 0.733. The van der Waals surface area contributed by atoms with E-state index in [1.54, 1.807) is 0 Å². The van der Waals surface area contributed by atoms with E-state index in [-0.39, 0.29) is 65.4 Å². The Hall–Kier alpha value is -2.28. The van der Waals surface area contributed by atoms with Crippen molar-refractivity contribution in [1.82, 2.24) is 0 Å². The molecule has 5 aliphatic carbocycles. The lowest BCUT2D eigenvalue weighted by Crippen LogP contribution is -2.51. The third-order valence-corrected chi connectivity index (χ3v) is 11.9. The van der Waals surface area contributed by atoms with Crippen LogP contribution in [0.3, 0.4) is 0 Å². The smallest absolute Gasteiger partial charge is 0.309 e. The lowest BCUT2D eigenvalue weighted by molar-refractivity contribution is -0.149. The second-order valence-corrected chi connectivity index (χ2v) is 13.2. The quantitative estimate of drug-likeness (QED) is 0.395. The Balaban J connectivity index is 1.45. The Labute approximate surface area is 217 Å². The molecule has 7 rings (SSSR count). The molecule has 2 aliphatic heterocycles. The standard InChI is InChI=1S/C30H36O7/c1-12-5-6-16-13(2)28(34)37-26(16)21-18(12)11-19(31)30(21)10-9-29(35)8-7-17-14(3)27(33)36-25(17)20-15(4)24(32)23(30)22(20)29/h13-18,20-21,25-26,35H,1,5-11H2,2-4H3/t13-,14-,15-,16-,17-,18-,20?,21-,25-,26-,29+,30+/m0/s1. The van der Waals surface area contributed by atoms with Gasteiger partial charge >= 0.3 is 11.9 Å². The molecule has 7 nitrogen and oxygen atoms in total. The van der Waals surface area contributed by atoms with Gasteiger partial charge in [-0.05, 0) is 50.0 Å². The summed E-state index contributed by atoms with van der Waals surface area (Å²) in [5, 5.41) is 12.1. The molecular formula is C30H36O7. The number of Topliss-reactive ketones (excluding diaryl/α,β-unsaturated/α-hetero) is 2. The summed E-state index contributed by atoms with van der Waals surface area (Å²) in [6, 6.07) is 0. The first-order valence-corrected chi connectivity index (χ1v) is 14.1. The van der Waals surface area contributed by atoms with Crippen molar-refractivity contribution in [3.63, 3.8) is 0 Å². The Morgan fingerprint density at radius 1 is 0.865 bits per heavy atom. The summed E-state index contributed by atoms with van der Waals surface area (Å²) in [5.41, 5.74) is -0.156. The van der Waals surface area contributed by atoms with E-state index in [1.165, 1.54) is 0 Å². The second kappa shape index (κ2) is 7.43. The van der Waals surface area contributed by atoms with Gasteiger partial charge in [-0.1, -0.05) is 32.9 Å². The van der Waals surface area contributed by atoms with Gasteiger partial charge in [-0.2, -0.15) is 0 Å². The molecule has 1 N–H and O–H groups in total. The number of fused-ring (bicyclic) bond motifs is 7. The highest BCUT2D eigenvalue weighted by Gasteiger charge is 2.71. The molecule has 7 heteroatoms. The Kier molecular flexibility index (Phi) is 4.78. The molecule has 0 aromatic carbocycles. The first kappa shape index (κ1) is 23.8. The van der Waals surface area contributed by atoms with Gasteiger partial charge in [0.1, 0.15) is 18.0 Å². The predicted octanol–water partition coefficient (Wildman–Crippen LogP) is 3.33. The van der Waals surface area contributed by atoms with Crippen molar-refractivity contribution in [3.8, 4) is 0 Å². The topological polar surface area (TPSA) is 107 Å². The third-order valence-electron chi connectivity index (χ3n) is 11.9. The molecule has 7 aliphatic rings. The number of carbonyl (C=O) groups excluding carboxylic acids is 4. The molecule has 2 saturated heterocycles. The van der Waals surface area contributed by atoms with Gasteiger partial charge in [-0.15, -0.1) is 0 Å². The molecule has 198 valence electrons. The number of carbonyl (C=O) groups is 4. The van der Waals surface area contributed by atoms with Crippen molar-refractivity contribution in [2.75, 3.05) is 0 Å². The summed E-state index contributed by atoms with van der Waals surface area (Å²) < 4.78 is 12.0. The van der Waals surface area contributed by atoms with Gasteiger partial charge in [0.2, 0.25) is 0 Å². The van der Waals surface area contributed by atoms with Gasteiger partial charge < -0.3 is 14.6 Å². The van der Waals surface area contributed by atoms with E-state index in [2.05, 4.69) is 6.58 Å². The van der Waals surface area contributed by atoms with Gasteiger partial charge in [0, 0.05) is 41.6 Å². The number of hydrogen-bond donors (Lipinski definition) is 1. The lowest BCUT2D eigenvalue weighted by atomic mass is 9.56. The average Bonchev–Trinajstić information content (AvgIpc) is 3.44. The van der Waals surface area contributed by atoms with Crippen LogP contribution in [0.4, 0.5) is 0 Å². The van der Waals surface area contributed by atoms with Crippen LogP contribution in [0.1, 0.15) is 65.7 Å². The maximum absolute atomic E-state index is 14.3. The molecule has 37 heavy (non-hydrogen) atoms. The van der Waals surface area contributed by atoms with Gasteiger partial charge in [-0.3, -0.25) is 19.2 Å². The van der Waals surface area contributed by atoms with Gasteiger partial charge in [0.05, 0.1) is 22.9 Å². The predicted molar refractivity (Wildman–Crippen MR) is 131 cm³/mol. The number of ether oxygens (including phenoxy) is 2. The molecule has 3 saturated carbocycles. The van der Waals surface area contributed by atoms with E-state index in [4.69, 9.17) is 9.47 Å². The highest BCUT2D eigenvalue weighted by Crippen LogP contribution is 2.68. The molecule has 1 spiro atoms. The molecule has 0 bridgehead atoms. The van der Waals surface area contributed by atoms with Crippen LogP contribution >= 0.6 is 0 Å². The Morgan fingerprint density at radius 2 is 1.51 bits per heavy atom. The Morgan fingerprint density at radius 3 is 2.22 bits per heavy atom. The fourth-order valence-electron chi connectivity index (χ4n) is 9.90. The third kappa shape index (κ3) is 2.72. The normalized spacial score (nSPS) is 52.4. The van der Waals surface area contributed by atoms with Crippen LogP contribution in [0.15, 0.2) is 23.3 Å². The monoisotopic (exact) mass is 508 g/mol. The molecular weight excluding hydrogens is 472 g/mol. The summed E-state index contributed by atoms with van der Waals surface area (Å²) in [4.78, 5) is 53.9. The van der Waals surface area contributed by atoms with E-state index in [1.807, 2.05) is 20.8 Å². The van der Waals surface area contributed by atoms with E-state index in [9.17, 15) is 24.3 Å². The van der Waals surface area contributed by atoms with Crippen molar-refractivity contribution in [2.24, 2.45) is 52.8 Å². The molecule has 0 aromatic rings. The molecule has 2 heterocycles. The maximum atomic E-state index is 14.3. The van der Waals surface area contributed by atoms with Crippen molar-refractivity contribution in [3.05, 3.63) is 23.3 Å². The SMILES string of the molecule is C=C1CC[C@@H]2[C@H](OC(=O)[C@H]2C)[C@@H]2[C@H]1CC(=O)[C@]21CC[C@]2(O)CC[C@H]3[C@H](C)C(=O)O[C@@H]3C3C2=C1C(=O)[C@H]3C. The largest absolute Gasteiger partial charge is 0.461 e. The Bertz CT molecular complexity index is 1200. The van der Waals surface area contributed by atoms with E-state index in [0.717, 1.165) is 18.4 Å². The van der Waals surface area contributed by atoms with Crippen LogP contribution in [-0.2, 0) is 28.7 Å². The number of allylic oxidation sites excluding steroid dienone is 2. The molecule has 5 fully saturated rings. The first-order chi connectivity index (χ1) is 17.5. The van der Waals surface area contributed by atoms with Crippen LogP contribution in [0, 0.1) is 52.8 Å². The zero-order valence-electron chi connectivity index (χ0n) is 21.8. The minimum absolute atomic E-state index is 0.0169. The van der Waals surface area contributed by atoms with Crippen LogP contribution in [0.5, 0.6) is 0 Å². The lowest BCUT2D eigenvalue weighted by Gasteiger charge is -2.47. The first-order valence-electron chi connectivity index (χ1n) is 14.1. The number of aliphatic hydroxyl groups is 1. The molecule has 0 amide bonds. The average molecular weight is 509 g/mol. The highest BCUT2D eigenvalue weighted by molar-refractivity contribution is 6.10. The van der Waals surface area contributed by atoms with E-state index < -0.39 is 35.1 Å². The molecule has 0 radical (unpaired) electrons. The van der Waals surface area contributed by atoms with Crippen LogP contribution in [-0.4, -0.2) is 46.4 Å². The number of ketones is 2. The summed E-state index contributed by atoms with van der Waals surface area (Å²) in [6.07, 6.45) is 2.76. The summed E-state index contributed by atoms with van der Waals surface area (Å²) in [6.45, 7) is 10.0. The molecule has 0 aromatic heterocycles. The highest BCUT2D eigenvalue weighted by atomic mass is 16.6. The zero-order valence-corrected chi connectivity index (χ0v) is 21.8. The van der Waals surface area contributed by atoms with Crippen molar-refractivity contribution in [2.45, 2.75) is 83.5 Å². The fourth-order valence-corrected chi connectivity index (χ4v) is 9.90. The van der Waals surface area contributed by atoms with Crippen LogP contribution in [0.25, 0.3) is 0 Å². The number of esters is 2. The van der Waals surface area contributed by atoms with E-state index in [0.29, 0.717) is 36.8 Å². The summed E-state index contributed by atoms with van der Waals surface area (Å²) in [7, 11) is 0. The summed E-state index contributed by atoms with van der Waals surface area (Å²) in [5.74, 6) is -2.58. The second-order valence-electron chi connectivity index (χ2n) is 13.2. The molecule has 12 atom stereocenters. The van der Waals surface area contributed by atoms with Gasteiger partial charge in [0.15, 0.2) is 5.78 Å². The minimum Gasteiger partial charge on any atom is -0.461 e. The number of rotatable bonds is 0. The van der Waals surface area contributed by atoms with Crippen molar-refractivity contribution >= 4 is 23.5 Å². The van der Waals surface area contributed by atoms with Crippen molar-refractivity contribution in [1.29, 1.82) is 0 Å². The van der Waals surface area contributed by atoms with Crippen molar-refractivity contribution < 1.29 is 33.8 Å². The van der Waals surface area contributed by atoms with Crippen LogP contribution < -0.4 is 0 Å².